The first-order chi connectivity index (χ1) is 18.8. The predicted molar refractivity (Wildman–Crippen MR) is 135 cm³/mol. The van der Waals surface area contributed by atoms with Crippen LogP contribution < -0.4 is 0 Å². The molecule has 0 unspecified atom stereocenters. The van der Waals surface area contributed by atoms with Crippen LogP contribution in [0.2, 0.25) is 0 Å². The highest BCUT2D eigenvalue weighted by Gasteiger charge is 2.78. The quantitative estimate of drug-likeness (QED) is 0.452. The van der Waals surface area contributed by atoms with Gasteiger partial charge in [-0.3, -0.25) is 4.79 Å². The van der Waals surface area contributed by atoms with Crippen LogP contribution in [0, 0.1) is 40.4 Å². The van der Waals surface area contributed by atoms with Crippen LogP contribution in [-0.2, 0) is 23.8 Å². The number of allylic oxidation sites excluding steroid dienone is 4. The van der Waals surface area contributed by atoms with Crippen LogP contribution in [0.5, 0.6) is 0 Å². The first-order valence-corrected chi connectivity index (χ1v) is 14.4. The van der Waals surface area contributed by atoms with Crippen LogP contribution in [0.4, 0.5) is 18.0 Å². The van der Waals surface area contributed by atoms with E-state index in [-0.39, 0.29) is 49.1 Å². The number of carbonyl (C=O) groups excluding carboxylic acids is 3. The van der Waals surface area contributed by atoms with E-state index in [1.807, 2.05) is 0 Å². The summed E-state index contributed by atoms with van der Waals surface area (Å²) in [4.78, 5) is 38.9. The molecule has 2 bridgehead atoms. The minimum Gasteiger partial charge on any atom is -0.431 e. The van der Waals surface area contributed by atoms with Crippen molar-refractivity contribution >= 4 is 17.9 Å². The van der Waals surface area contributed by atoms with Crippen molar-refractivity contribution in [2.75, 3.05) is 6.86 Å². The first kappa shape index (κ1) is 27.8. The lowest BCUT2D eigenvalue weighted by Gasteiger charge is -2.62. The van der Waals surface area contributed by atoms with Crippen molar-refractivity contribution in [3.63, 3.8) is 0 Å². The number of halogens is 3. The van der Waals surface area contributed by atoms with Gasteiger partial charge in [0, 0.05) is 35.5 Å². The summed E-state index contributed by atoms with van der Waals surface area (Å²) in [5.74, 6) is -3.99. The fourth-order valence-corrected chi connectivity index (χ4v) is 9.96. The van der Waals surface area contributed by atoms with Gasteiger partial charge in [0.15, 0.2) is 11.5 Å². The van der Waals surface area contributed by atoms with Crippen LogP contribution >= 0.6 is 0 Å². The molecule has 0 aliphatic heterocycles. The second-order valence-electron chi connectivity index (χ2n) is 13.5. The number of ether oxygens (including phenoxy) is 3. The molecule has 0 spiro atoms. The maximum Gasteiger partial charge on any atom is 0.509 e. The molecule has 10 heteroatoms. The zero-order chi connectivity index (χ0) is 28.8. The van der Waals surface area contributed by atoms with E-state index in [4.69, 9.17) is 14.2 Å². The van der Waals surface area contributed by atoms with Gasteiger partial charge in [0.25, 0.3) is 0 Å². The summed E-state index contributed by atoms with van der Waals surface area (Å²) >= 11 is 0. The third-order valence-corrected chi connectivity index (χ3v) is 11.9. The van der Waals surface area contributed by atoms with Crippen LogP contribution in [0.1, 0.15) is 72.1 Å². The lowest BCUT2D eigenvalue weighted by atomic mass is 9.45. The fourth-order valence-electron chi connectivity index (χ4n) is 9.96. The van der Waals surface area contributed by atoms with E-state index in [0.29, 0.717) is 12.3 Å². The van der Waals surface area contributed by atoms with Gasteiger partial charge in [-0.05, 0) is 74.9 Å². The van der Waals surface area contributed by atoms with Crippen molar-refractivity contribution in [1.82, 2.24) is 0 Å². The summed E-state index contributed by atoms with van der Waals surface area (Å²) in [5.41, 5.74) is -7.41. The molecule has 0 amide bonds. The second-order valence-corrected chi connectivity index (χ2v) is 13.5. The number of esters is 1. The van der Waals surface area contributed by atoms with Crippen molar-refractivity contribution in [2.24, 2.45) is 40.4 Å². The van der Waals surface area contributed by atoms with E-state index >= 15 is 8.78 Å². The van der Waals surface area contributed by atoms with Gasteiger partial charge >= 0.3 is 12.1 Å². The van der Waals surface area contributed by atoms with Gasteiger partial charge in [0.05, 0.1) is 6.10 Å². The zero-order valence-corrected chi connectivity index (χ0v) is 23.1. The molecule has 0 heterocycles. The lowest BCUT2D eigenvalue weighted by molar-refractivity contribution is -0.231. The Kier molecular flexibility index (Phi) is 6.30. The topological polar surface area (TPSA) is 99.1 Å². The number of aliphatic hydroxyl groups excluding tert-OH is 1. The summed E-state index contributed by atoms with van der Waals surface area (Å²) < 4.78 is 63.0. The summed E-state index contributed by atoms with van der Waals surface area (Å²) in [6, 6.07) is 0. The number of hydrogen-bond acceptors (Lipinski definition) is 7. The average Bonchev–Trinajstić information content (AvgIpc) is 3.56. The van der Waals surface area contributed by atoms with E-state index < -0.39 is 70.8 Å². The van der Waals surface area contributed by atoms with Gasteiger partial charge in [-0.1, -0.05) is 19.9 Å². The summed E-state index contributed by atoms with van der Waals surface area (Å²) in [5, 5.41) is 11.6. The standard InChI is InChI=1S/C30H37F3O7/c1-15-8-19-20-12-22(32)21-11-18(34)6-7-27(21,2)29(20,33)24(35)13-28(19,3)30(15,25(36)38-14-31)40-26(37)39-23-10-16-4-5-17(23)9-16/h6-7,15-17,19-20,23-24,35H,4-5,8-14H2,1-3H3/t15-,16-,17+,19+,20+,23-,24+,27+,28+,29+,30+/m1/s1. The maximum atomic E-state index is 17.5. The van der Waals surface area contributed by atoms with Gasteiger partial charge in [-0.2, -0.15) is 0 Å². The molecular formula is C30H37F3O7. The van der Waals surface area contributed by atoms with Crippen LogP contribution in [-0.4, -0.2) is 53.4 Å². The molecule has 0 aromatic rings. The normalized spacial score (nSPS) is 48.9. The summed E-state index contributed by atoms with van der Waals surface area (Å²) in [6.45, 7) is 3.28. The molecule has 1 N–H and O–H groups in total. The molecule has 0 radical (unpaired) electrons. The molecule has 0 saturated heterocycles. The van der Waals surface area contributed by atoms with E-state index in [0.717, 1.165) is 19.3 Å². The number of hydrogen-bond donors (Lipinski definition) is 1. The van der Waals surface area contributed by atoms with Crippen LogP contribution in [0.3, 0.4) is 0 Å². The molecule has 4 fully saturated rings. The number of alkyl halides is 2. The average molecular weight is 567 g/mol. The molecule has 0 aromatic heterocycles. The largest absolute Gasteiger partial charge is 0.509 e. The number of carbonyl (C=O) groups is 3. The zero-order valence-electron chi connectivity index (χ0n) is 23.1. The van der Waals surface area contributed by atoms with E-state index in [9.17, 15) is 23.9 Å². The first-order valence-electron chi connectivity index (χ1n) is 14.4. The van der Waals surface area contributed by atoms with Crippen molar-refractivity contribution in [3.8, 4) is 0 Å². The third-order valence-electron chi connectivity index (χ3n) is 11.9. The van der Waals surface area contributed by atoms with Crippen LogP contribution in [0.15, 0.2) is 23.6 Å². The van der Waals surface area contributed by atoms with Gasteiger partial charge in [0.2, 0.25) is 12.5 Å². The van der Waals surface area contributed by atoms with Crippen LogP contribution in [0.25, 0.3) is 0 Å². The molecule has 4 saturated carbocycles. The van der Waals surface area contributed by atoms with Crippen molar-refractivity contribution < 1.29 is 46.9 Å². The van der Waals surface area contributed by atoms with Gasteiger partial charge in [-0.15, -0.1) is 0 Å². The Morgan fingerprint density at radius 3 is 2.55 bits per heavy atom. The van der Waals surface area contributed by atoms with Gasteiger partial charge in [0.1, 0.15) is 11.9 Å². The minimum absolute atomic E-state index is 0.0289. The lowest BCUT2D eigenvalue weighted by Crippen LogP contribution is -2.70. The Balaban J connectivity index is 1.39. The molecule has 11 atom stereocenters. The maximum absolute atomic E-state index is 17.5. The molecule has 6 rings (SSSR count). The van der Waals surface area contributed by atoms with E-state index in [2.05, 4.69) is 0 Å². The second kappa shape index (κ2) is 9.07. The van der Waals surface area contributed by atoms with Crippen molar-refractivity contribution in [1.29, 1.82) is 0 Å². The highest BCUT2D eigenvalue weighted by atomic mass is 19.1. The monoisotopic (exact) mass is 566 g/mol. The number of fused-ring (bicyclic) bond motifs is 7. The smallest absolute Gasteiger partial charge is 0.431 e. The van der Waals surface area contributed by atoms with Crippen molar-refractivity contribution in [2.45, 2.75) is 95.6 Å². The van der Waals surface area contributed by atoms with E-state index in [1.54, 1.807) is 13.8 Å². The highest BCUT2D eigenvalue weighted by molar-refractivity contribution is 5.93. The van der Waals surface area contributed by atoms with E-state index in [1.165, 1.54) is 19.1 Å². The Morgan fingerprint density at radius 1 is 1.15 bits per heavy atom. The van der Waals surface area contributed by atoms with Gasteiger partial charge < -0.3 is 19.3 Å². The molecule has 220 valence electrons. The Labute approximate surface area is 231 Å². The number of ketones is 1. The summed E-state index contributed by atoms with van der Waals surface area (Å²) in [7, 11) is 0. The molecule has 7 nitrogen and oxygen atoms in total. The predicted octanol–water partition coefficient (Wildman–Crippen LogP) is 5.45. The molecule has 40 heavy (non-hydrogen) atoms. The Bertz CT molecular complexity index is 1200. The Morgan fingerprint density at radius 2 is 1.90 bits per heavy atom. The molecule has 6 aliphatic carbocycles. The molecule has 0 aromatic carbocycles. The molecular weight excluding hydrogens is 529 g/mol. The SMILES string of the molecule is C[C@@H]1C[C@H]2[C@@H]3CC(F)=C4CC(=O)C=C[C@]4(C)[C@@]3(F)[C@@H](O)C[C@]2(C)[C@@]1(OC(=O)O[C@@H]1C[C@@H]2CC[C@H]1C2)C(=O)OCF. The third kappa shape index (κ3) is 3.43. The van der Waals surface area contributed by atoms with Crippen molar-refractivity contribution in [3.05, 3.63) is 23.6 Å². The minimum atomic E-state index is -2.36. The summed E-state index contributed by atoms with van der Waals surface area (Å²) in [6.07, 6.45) is 2.32. The Hall–Kier alpha value is -2.36. The van der Waals surface area contributed by atoms with Gasteiger partial charge in [-0.25, -0.2) is 22.8 Å². The highest BCUT2D eigenvalue weighted by Crippen LogP contribution is 2.71. The molecule has 6 aliphatic rings. The fraction of sp³-hybridized carbons (Fsp3) is 0.767. The number of rotatable bonds is 4. The number of aliphatic hydroxyl groups is 1.